The number of aromatic nitrogens is 2. The molecule has 1 amide bonds. The molecule has 0 aliphatic carbocycles. The molecule has 4 rings (SSSR count). The average Bonchev–Trinajstić information content (AvgIpc) is 3.14. The summed E-state index contributed by atoms with van der Waals surface area (Å²) in [5.41, 5.74) is 6.08. The predicted molar refractivity (Wildman–Crippen MR) is 118 cm³/mol. The van der Waals surface area contributed by atoms with Gasteiger partial charge in [0, 0.05) is 52.0 Å². The van der Waals surface area contributed by atoms with Crippen LogP contribution in [0.2, 0.25) is 0 Å². The first-order valence-corrected chi connectivity index (χ1v) is 11.0. The fourth-order valence-corrected chi connectivity index (χ4v) is 3.91. The number of fused-ring (bicyclic) bond motifs is 1. The average molecular weight is 404 g/mol. The molecule has 1 atom stereocenters. The summed E-state index contributed by atoms with van der Waals surface area (Å²) in [6, 6.07) is 18.9. The van der Waals surface area contributed by atoms with Crippen molar-refractivity contribution in [3.05, 3.63) is 89.7 Å². The van der Waals surface area contributed by atoms with Crippen LogP contribution < -0.4 is 5.32 Å². The third-order valence-electron chi connectivity index (χ3n) is 4.68. The van der Waals surface area contributed by atoms with Gasteiger partial charge in [-0.3, -0.25) is 9.00 Å². The van der Waals surface area contributed by atoms with Crippen molar-refractivity contribution in [2.24, 2.45) is 0 Å². The van der Waals surface area contributed by atoms with Crippen molar-refractivity contribution in [1.82, 2.24) is 9.38 Å². The topological polar surface area (TPSA) is 63.5 Å². The second-order valence-electron chi connectivity index (χ2n) is 7.00. The van der Waals surface area contributed by atoms with E-state index in [1.54, 1.807) is 18.4 Å². The normalized spacial score (nSPS) is 12.1. The quantitative estimate of drug-likeness (QED) is 0.536. The van der Waals surface area contributed by atoms with Gasteiger partial charge in [0.25, 0.3) is 5.91 Å². The summed E-state index contributed by atoms with van der Waals surface area (Å²) >= 11 is 0. The maximum Gasteiger partial charge on any atom is 0.255 e. The first kappa shape index (κ1) is 19.1. The molecule has 146 valence electrons. The summed E-state index contributed by atoms with van der Waals surface area (Å²) in [7, 11) is -0.944. The van der Waals surface area contributed by atoms with Gasteiger partial charge in [0.2, 0.25) is 0 Å². The van der Waals surface area contributed by atoms with Gasteiger partial charge in [0.1, 0.15) is 5.65 Å². The van der Waals surface area contributed by atoms with E-state index in [4.69, 9.17) is 4.98 Å². The van der Waals surface area contributed by atoms with Crippen LogP contribution in [0.5, 0.6) is 0 Å². The molecule has 2 heterocycles. The van der Waals surface area contributed by atoms with E-state index in [0.717, 1.165) is 28.0 Å². The molecular formula is C23H21N3O2S. The number of carbonyl (C=O) groups is 1. The van der Waals surface area contributed by atoms with Crippen molar-refractivity contribution in [2.75, 3.05) is 11.6 Å². The number of amides is 1. The van der Waals surface area contributed by atoms with Crippen LogP contribution in [0.4, 0.5) is 5.69 Å². The van der Waals surface area contributed by atoms with Crippen molar-refractivity contribution in [1.29, 1.82) is 0 Å². The van der Waals surface area contributed by atoms with E-state index in [1.807, 2.05) is 72.2 Å². The first-order valence-electron chi connectivity index (χ1n) is 9.25. The summed E-state index contributed by atoms with van der Waals surface area (Å²) in [6.45, 7) is 2.04. The highest BCUT2D eigenvalue weighted by molar-refractivity contribution is 7.83. The SMILES string of the molecule is Cc1cccn2cc(-c3ccc(NC(=O)c4cccc(C[S@@](C)=O)c4)cc3)nc12. The van der Waals surface area contributed by atoms with Crippen LogP contribution in [-0.2, 0) is 16.6 Å². The Morgan fingerprint density at radius 1 is 1.10 bits per heavy atom. The zero-order valence-electron chi connectivity index (χ0n) is 16.3. The Labute approximate surface area is 171 Å². The number of pyridine rings is 1. The molecule has 0 spiro atoms. The van der Waals surface area contributed by atoms with Crippen LogP contribution in [0.15, 0.2) is 73.1 Å². The highest BCUT2D eigenvalue weighted by Crippen LogP contribution is 2.23. The van der Waals surface area contributed by atoms with Crippen molar-refractivity contribution in [2.45, 2.75) is 12.7 Å². The van der Waals surface area contributed by atoms with Crippen LogP contribution >= 0.6 is 0 Å². The largest absolute Gasteiger partial charge is 0.322 e. The minimum absolute atomic E-state index is 0.190. The van der Waals surface area contributed by atoms with Gasteiger partial charge >= 0.3 is 0 Å². The molecule has 0 bridgehead atoms. The number of benzene rings is 2. The predicted octanol–water partition coefficient (Wildman–Crippen LogP) is 4.44. The summed E-state index contributed by atoms with van der Waals surface area (Å²) in [5, 5.41) is 2.91. The smallest absolute Gasteiger partial charge is 0.255 e. The minimum atomic E-state index is -0.944. The van der Waals surface area contributed by atoms with Crippen molar-refractivity contribution in [3.8, 4) is 11.3 Å². The third kappa shape index (κ3) is 4.27. The summed E-state index contributed by atoms with van der Waals surface area (Å²) in [4.78, 5) is 17.3. The van der Waals surface area contributed by atoms with Crippen LogP contribution in [0.3, 0.4) is 0 Å². The molecule has 0 aliphatic rings. The lowest BCUT2D eigenvalue weighted by molar-refractivity contribution is 0.102. The second kappa shape index (κ2) is 8.01. The molecule has 29 heavy (non-hydrogen) atoms. The number of aryl methyl sites for hydroxylation is 1. The molecular weight excluding hydrogens is 382 g/mol. The fraction of sp³-hybridized carbons (Fsp3) is 0.130. The van der Waals surface area contributed by atoms with Gasteiger partial charge in [-0.15, -0.1) is 0 Å². The zero-order valence-corrected chi connectivity index (χ0v) is 17.1. The molecule has 5 nitrogen and oxygen atoms in total. The Kier molecular flexibility index (Phi) is 5.27. The Hall–Kier alpha value is -3.25. The van der Waals surface area contributed by atoms with E-state index in [-0.39, 0.29) is 5.91 Å². The van der Waals surface area contributed by atoms with E-state index < -0.39 is 10.8 Å². The highest BCUT2D eigenvalue weighted by Gasteiger charge is 2.09. The molecule has 0 aliphatic heterocycles. The monoisotopic (exact) mass is 403 g/mol. The lowest BCUT2D eigenvalue weighted by Crippen LogP contribution is -2.12. The van der Waals surface area contributed by atoms with E-state index in [0.29, 0.717) is 17.0 Å². The summed E-state index contributed by atoms with van der Waals surface area (Å²) in [6.07, 6.45) is 5.63. The minimum Gasteiger partial charge on any atom is -0.322 e. The number of carbonyl (C=O) groups excluding carboxylic acids is 1. The zero-order chi connectivity index (χ0) is 20.4. The Bertz CT molecular complexity index is 1210. The number of imidazole rings is 1. The molecule has 0 radical (unpaired) electrons. The maximum atomic E-state index is 12.6. The first-order chi connectivity index (χ1) is 14.0. The summed E-state index contributed by atoms with van der Waals surface area (Å²) < 4.78 is 13.4. The molecule has 6 heteroatoms. The standard InChI is InChI=1S/C23H21N3O2S/c1-16-5-4-12-26-14-21(25-22(16)26)18-8-10-20(11-9-18)24-23(27)19-7-3-6-17(13-19)15-29(2)28/h3-14H,15H2,1-2H3,(H,24,27)/t29-/m1/s1. The van der Waals surface area contributed by atoms with Crippen LogP contribution in [-0.4, -0.2) is 25.8 Å². The second-order valence-corrected chi connectivity index (χ2v) is 8.43. The van der Waals surface area contributed by atoms with Crippen LogP contribution in [0, 0.1) is 6.92 Å². The molecule has 1 N–H and O–H groups in total. The number of nitrogens with zero attached hydrogens (tertiary/aromatic N) is 2. The number of anilines is 1. The number of hydrogen-bond acceptors (Lipinski definition) is 3. The van der Waals surface area contributed by atoms with E-state index >= 15 is 0 Å². The van der Waals surface area contributed by atoms with Crippen molar-refractivity contribution in [3.63, 3.8) is 0 Å². The maximum absolute atomic E-state index is 12.6. The fourth-order valence-electron chi connectivity index (χ4n) is 3.26. The lowest BCUT2D eigenvalue weighted by Gasteiger charge is -2.07. The summed E-state index contributed by atoms with van der Waals surface area (Å²) in [5.74, 6) is 0.249. The molecule has 2 aromatic heterocycles. The number of rotatable bonds is 5. The number of nitrogens with one attached hydrogen (secondary N) is 1. The van der Waals surface area contributed by atoms with Gasteiger partial charge in [0.05, 0.1) is 5.69 Å². The molecule has 0 saturated carbocycles. The van der Waals surface area contributed by atoms with E-state index in [2.05, 4.69) is 5.32 Å². The van der Waals surface area contributed by atoms with E-state index in [1.165, 1.54) is 0 Å². The van der Waals surface area contributed by atoms with Gasteiger partial charge in [-0.1, -0.05) is 30.3 Å². The molecule has 2 aromatic carbocycles. The molecule has 0 unspecified atom stereocenters. The van der Waals surface area contributed by atoms with Gasteiger partial charge in [-0.2, -0.15) is 0 Å². The third-order valence-corrected chi connectivity index (χ3v) is 5.42. The van der Waals surface area contributed by atoms with E-state index in [9.17, 15) is 9.00 Å². The van der Waals surface area contributed by atoms with Crippen molar-refractivity contribution < 1.29 is 9.00 Å². The lowest BCUT2D eigenvalue weighted by atomic mass is 10.1. The van der Waals surface area contributed by atoms with Crippen molar-refractivity contribution >= 4 is 28.0 Å². The van der Waals surface area contributed by atoms with Gasteiger partial charge in [-0.05, 0) is 48.4 Å². The Morgan fingerprint density at radius 3 is 2.62 bits per heavy atom. The highest BCUT2D eigenvalue weighted by atomic mass is 32.2. The van der Waals surface area contributed by atoms with Gasteiger partial charge < -0.3 is 9.72 Å². The Morgan fingerprint density at radius 2 is 1.90 bits per heavy atom. The van der Waals surface area contributed by atoms with Gasteiger partial charge in [0.15, 0.2) is 0 Å². The molecule has 0 fully saturated rings. The molecule has 0 saturated heterocycles. The number of hydrogen-bond donors (Lipinski definition) is 1. The van der Waals surface area contributed by atoms with Crippen LogP contribution in [0.1, 0.15) is 21.5 Å². The van der Waals surface area contributed by atoms with Crippen LogP contribution in [0.25, 0.3) is 16.9 Å². The van der Waals surface area contributed by atoms with Gasteiger partial charge in [-0.25, -0.2) is 4.98 Å². The molecule has 4 aromatic rings. The Balaban J connectivity index is 1.51.